The lowest BCUT2D eigenvalue weighted by Crippen LogP contribution is -2.55. The van der Waals surface area contributed by atoms with Gasteiger partial charge in [-0.1, -0.05) is 56.3 Å². The molecule has 0 radical (unpaired) electrons. The van der Waals surface area contributed by atoms with Gasteiger partial charge in [0.25, 0.3) is 0 Å². The van der Waals surface area contributed by atoms with E-state index in [1.54, 1.807) is 0 Å². The Hall–Kier alpha value is -2.43. The minimum Gasteiger partial charge on any atom is -0.465 e. The lowest BCUT2D eigenvalue weighted by molar-refractivity contribution is 0.0290. The minimum atomic E-state index is -0.283. The topological polar surface area (TPSA) is 32.8 Å². The molecule has 182 valence electrons. The summed E-state index contributed by atoms with van der Waals surface area (Å²) >= 11 is 0. The van der Waals surface area contributed by atoms with Gasteiger partial charge in [-0.05, 0) is 72.9 Å². The fourth-order valence-electron chi connectivity index (χ4n) is 5.52. The van der Waals surface area contributed by atoms with Gasteiger partial charge >= 0.3 is 5.97 Å². The minimum absolute atomic E-state index is 0.283. The summed E-state index contributed by atoms with van der Waals surface area (Å²) in [6, 6.07) is 17.8. The summed E-state index contributed by atoms with van der Waals surface area (Å²) in [7, 11) is 1.42. The highest BCUT2D eigenvalue weighted by Crippen LogP contribution is 2.39. The Morgan fingerprint density at radius 2 is 1.68 bits per heavy atom. The van der Waals surface area contributed by atoms with Gasteiger partial charge in [0.05, 0.1) is 12.7 Å². The van der Waals surface area contributed by atoms with Crippen molar-refractivity contribution in [2.75, 3.05) is 20.2 Å². The molecule has 0 bridgehead atoms. The summed E-state index contributed by atoms with van der Waals surface area (Å²) in [6.07, 6.45) is 6.10. The predicted octanol–water partition coefficient (Wildman–Crippen LogP) is 6.16. The first-order valence-electron chi connectivity index (χ1n) is 12.7. The van der Waals surface area contributed by atoms with E-state index in [4.69, 9.17) is 4.74 Å². The Balaban J connectivity index is 1.41. The van der Waals surface area contributed by atoms with Crippen molar-refractivity contribution in [2.24, 2.45) is 5.41 Å². The Morgan fingerprint density at radius 3 is 2.29 bits per heavy atom. The van der Waals surface area contributed by atoms with Crippen molar-refractivity contribution < 1.29 is 9.53 Å². The standard InChI is InChI=1S/C30H40N2O2/c1-22-18-31(19-23(2)32(22)20-24-10-12-26(13-11-24)29(33)34-5)21-27-8-6-7-9-28(27)25-14-16-30(3,4)17-15-25/h6-14,22-23H,15-21H2,1-5H3/t22-,23+. The highest BCUT2D eigenvalue weighted by Gasteiger charge is 2.30. The van der Waals surface area contributed by atoms with Crippen LogP contribution in [-0.2, 0) is 17.8 Å². The fraction of sp³-hybridized carbons (Fsp3) is 0.500. The number of methoxy groups -OCH3 is 1. The van der Waals surface area contributed by atoms with Crippen LogP contribution in [-0.4, -0.2) is 48.1 Å². The molecule has 0 spiro atoms. The van der Waals surface area contributed by atoms with E-state index >= 15 is 0 Å². The molecule has 0 saturated carbocycles. The fourth-order valence-corrected chi connectivity index (χ4v) is 5.52. The molecule has 2 atom stereocenters. The van der Waals surface area contributed by atoms with Crippen LogP contribution in [0.4, 0.5) is 0 Å². The average Bonchev–Trinajstić information content (AvgIpc) is 2.82. The summed E-state index contributed by atoms with van der Waals surface area (Å²) in [5.41, 5.74) is 6.71. The molecule has 34 heavy (non-hydrogen) atoms. The quantitative estimate of drug-likeness (QED) is 0.483. The van der Waals surface area contributed by atoms with Gasteiger partial charge in [0.15, 0.2) is 0 Å². The highest BCUT2D eigenvalue weighted by atomic mass is 16.5. The number of ether oxygens (including phenoxy) is 1. The zero-order valence-electron chi connectivity index (χ0n) is 21.5. The maximum atomic E-state index is 11.7. The Labute approximate surface area is 205 Å². The van der Waals surface area contributed by atoms with Crippen LogP contribution >= 0.6 is 0 Å². The maximum absolute atomic E-state index is 11.7. The van der Waals surface area contributed by atoms with Gasteiger partial charge in [0.1, 0.15) is 0 Å². The second kappa shape index (κ2) is 10.5. The smallest absolute Gasteiger partial charge is 0.337 e. The molecule has 0 unspecified atom stereocenters. The number of esters is 1. The Kier molecular flexibility index (Phi) is 7.59. The van der Waals surface area contributed by atoms with E-state index in [-0.39, 0.29) is 5.97 Å². The largest absolute Gasteiger partial charge is 0.465 e. The van der Waals surface area contributed by atoms with E-state index in [0.717, 1.165) is 26.2 Å². The van der Waals surface area contributed by atoms with E-state index in [1.807, 2.05) is 24.3 Å². The summed E-state index contributed by atoms with van der Waals surface area (Å²) in [5.74, 6) is -0.283. The molecule has 4 nitrogen and oxygen atoms in total. The third kappa shape index (κ3) is 5.79. The van der Waals surface area contributed by atoms with Crippen LogP contribution in [0.3, 0.4) is 0 Å². The zero-order chi connectivity index (χ0) is 24.3. The van der Waals surface area contributed by atoms with Gasteiger partial charge in [-0.25, -0.2) is 4.79 Å². The predicted molar refractivity (Wildman–Crippen MR) is 140 cm³/mol. The number of carbonyl (C=O) groups excluding carboxylic acids is 1. The van der Waals surface area contributed by atoms with Crippen LogP contribution in [0.5, 0.6) is 0 Å². The molecule has 1 heterocycles. The highest BCUT2D eigenvalue weighted by molar-refractivity contribution is 5.89. The first-order chi connectivity index (χ1) is 16.3. The van der Waals surface area contributed by atoms with Crippen LogP contribution in [0.25, 0.3) is 5.57 Å². The van der Waals surface area contributed by atoms with Crippen LogP contribution < -0.4 is 0 Å². The van der Waals surface area contributed by atoms with Gasteiger partial charge in [0.2, 0.25) is 0 Å². The SMILES string of the molecule is COC(=O)c1ccc(CN2[C@H](C)CN(Cc3ccccc3C3=CCC(C)(C)CC3)C[C@@H]2C)cc1. The molecular weight excluding hydrogens is 420 g/mol. The van der Waals surface area contributed by atoms with Gasteiger partial charge in [0, 0.05) is 38.3 Å². The second-order valence-electron chi connectivity index (χ2n) is 11.0. The van der Waals surface area contributed by atoms with Crippen LogP contribution in [0.2, 0.25) is 0 Å². The number of allylic oxidation sites excluding steroid dienone is 2. The third-order valence-corrected chi connectivity index (χ3v) is 7.65. The molecule has 0 aromatic heterocycles. The molecule has 4 heteroatoms. The van der Waals surface area contributed by atoms with Crippen LogP contribution in [0, 0.1) is 5.41 Å². The Bertz CT molecular complexity index is 1010. The van der Waals surface area contributed by atoms with Crippen molar-refractivity contribution in [1.29, 1.82) is 0 Å². The van der Waals surface area contributed by atoms with E-state index in [1.165, 1.54) is 48.6 Å². The normalized spacial score (nSPS) is 23.4. The maximum Gasteiger partial charge on any atom is 0.337 e. The molecule has 0 N–H and O–H groups in total. The second-order valence-corrected chi connectivity index (χ2v) is 11.0. The van der Waals surface area contributed by atoms with Gasteiger partial charge in [-0.3, -0.25) is 9.80 Å². The van der Waals surface area contributed by atoms with Gasteiger partial charge in [-0.15, -0.1) is 0 Å². The number of hydrogen-bond acceptors (Lipinski definition) is 4. The molecule has 2 aromatic rings. The Morgan fingerprint density at radius 1 is 1.00 bits per heavy atom. The van der Waals surface area contributed by atoms with Crippen molar-refractivity contribution in [3.63, 3.8) is 0 Å². The molecule has 1 aliphatic carbocycles. The van der Waals surface area contributed by atoms with Crippen molar-refractivity contribution in [3.05, 3.63) is 76.9 Å². The van der Waals surface area contributed by atoms with E-state index in [2.05, 4.69) is 67.8 Å². The van der Waals surface area contributed by atoms with Gasteiger partial charge in [-0.2, -0.15) is 0 Å². The summed E-state index contributed by atoms with van der Waals surface area (Å²) in [6.45, 7) is 13.5. The van der Waals surface area contributed by atoms with Crippen LogP contribution in [0.15, 0.2) is 54.6 Å². The van der Waals surface area contributed by atoms with E-state index < -0.39 is 0 Å². The molecular formula is C30H40N2O2. The van der Waals surface area contributed by atoms with E-state index in [0.29, 0.717) is 23.1 Å². The average molecular weight is 461 g/mol. The lowest BCUT2D eigenvalue weighted by Gasteiger charge is -2.45. The number of hydrogen-bond donors (Lipinski definition) is 0. The molecule has 0 amide bonds. The number of piperazine rings is 1. The monoisotopic (exact) mass is 460 g/mol. The van der Waals surface area contributed by atoms with Crippen molar-refractivity contribution in [1.82, 2.24) is 9.80 Å². The third-order valence-electron chi connectivity index (χ3n) is 7.65. The molecule has 2 aromatic carbocycles. The lowest BCUT2D eigenvalue weighted by atomic mass is 9.76. The number of benzene rings is 2. The molecule has 4 rings (SSSR count). The number of carbonyl (C=O) groups is 1. The van der Waals surface area contributed by atoms with Crippen LogP contribution in [0.1, 0.15) is 74.0 Å². The van der Waals surface area contributed by atoms with E-state index in [9.17, 15) is 4.79 Å². The van der Waals surface area contributed by atoms with Crippen molar-refractivity contribution in [3.8, 4) is 0 Å². The van der Waals surface area contributed by atoms with Crippen molar-refractivity contribution >= 4 is 11.5 Å². The summed E-state index contributed by atoms with van der Waals surface area (Å²) in [4.78, 5) is 16.9. The van der Waals surface area contributed by atoms with Gasteiger partial charge < -0.3 is 4.74 Å². The molecule has 1 aliphatic heterocycles. The summed E-state index contributed by atoms with van der Waals surface area (Å²) < 4.78 is 4.82. The van der Waals surface area contributed by atoms with Crippen molar-refractivity contribution in [2.45, 2.75) is 72.1 Å². The number of rotatable bonds is 6. The molecule has 1 saturated heterocycles. The molecule has 2 aliphatic rings. The number of nitrogens with zero attached hydrogens (tertiary/aromatic N) is 2. The zero-order valence-corrected chi connectivity index (χ0v) is 21.5. The molecule has 1 fully saturated rings. The first-order valence-corrected chi connectivity index (χ1v) is 12.7. The summed E-state index contributed by atoms with van der Waals surface area (Å²) in [5, 5.41) is 0. The first kappa shape index (κ1) is 24.7.